The van der Waals surface area contributed by atoms with Crippen LogP contribution in [0.3, 0.4) is 0 Å². The Hall–Kier alpha value is -3.34. The molecule has 0 bridgehead atoms. The summed E-state index contributed by atoms with van der Waals surface area (Å²) in [7, 11) is 0. The molecule has 0 aliphatic heterocycles. The number of amides is 2. The quantitative estimate of drug-likeness (QED) is 0.532. The summed E-state index contributed by atoms with van der Waals surface area (Å²) in [6.07, 6.45) is 0. The van der Waals surface area contributed by atoms with Gasteiger partial charge in [0, 0.05) is 18.5 Å². The van der Waals surface area contributed by atoms with E-state index in [0.717, 1.165) is 21.9 Å². The molecule has 0 unspecified atom stereocenters. The maximum absolute atomic E-state index is 13.2. The minimum absolute atomic E-state index is 0.137. The zero-order valence-corrected chi connectivity index (χ0v) is 19.3. The largest absolute Gasteiger partial charge is 0.483 e. The SMILES string of the molecule is Cc1cccc(CN(C(=O)COc2cccc3ccccc23)[C@H](C)C(=O)NCC(C)C)c1. The van der Waals surface area contributed by atoms with E-state index in [1.54, 1.807) is 11.8 Å². The molecular weight excluding hydrogens is 400 g/mol. The summed E-state index contributed by atoms with van der Waals surface area (Å²) in [4.78, 5) is 27.6. The molecule has 1 N–H and O–H groups in total. The van der Waals surface area contributed by atoms with E-state index < -0.39 is 6.04 Å². The van der Waals surface area contributed by atoms with Gasteiger partial charge in [0.15, 0.2) is 6.61 Å². The molecule has 0 aliphatic carbocycles. The normalized spacial score (nSPS) is 11.9. The van der Waals surface area contributed by atoms with Crippen molar-refractivity contribution in [2.75, 3.05) is 13.2 Å². The minimum Gasteiger partial charge on any atom is -0.483 e. The van der Waals surface area contributed by atoms with Gasteiger partial charge in [-0.15, -0.1) is 0 Å². The molecule has 0 saturated carbocycles. The van der Waals surface area contributed by atoms with Crippen LogP contribution >= 0.6 is 0 Å². The highest BCUT2D eigenvalue weighted by atomic mass is 16.5. The Morgan fingerprint density at radius 2 is 1.69 bits per heavy atom. The van der Waals surface area contributed by atoms with E-state index in [1.807, 2.05) is 87.5 Å². The van der Waals surface area contributed by atoms with E-state index >= 15 is 0 Å². The molecule has 5 nitrogen and oxygen atoms in total. The lowest BCUT2D eigenvalue weighted by Gasteiger charge is -2.29. The highest BCUT2D eigenvalue weighted by Gasteiger charge is 2.26. The molecule has 0 saturated heterocycles. The van der Waals surface area contributed by atoms with Crippen molar-refractivity contribution in [1.82, 2.24) is 10.2 Å². The summed E-state index contributed by atoms with van der Waals surface area (Å²) in [5, 5.41) is 4.94. The van der Waals surface area contributed by atoms with Crippen molar-refractivity contribution < 1.29 is 14.3 Å². The first kappa shape index (κ1) is 23.3. The number of hydrogen-bond acceptors (Lipinski definition) is 3. The summed E-state index contributed by atoms with van der Waals surface area (Å²) >= 11 is 0. The Kier molecular flexibility index (Phi) is 7.87. The molecule has 0 spiro atoms. The average Bonchev–Trinajstić information content (AvgIpc) is 2.79. The summed E-state index contributed by atoms with van der Waals surface area (Å²) in [5.74, 6) is 0.599. The fraction of sp³-hybridized carbons (Fsp3) is 0.333. The predicted octanol–water partition coefficient (Wildman–Crippen LogP) is 4.72. The first-order chi connectivity index (χ1) is 15.3. The number of nitrogens with one attached hydrogen (secondary N) is 1. The van der Waals surface area contributed by atoms with Crippen LogP contribution in [0.4, 0.5) is 0 Å². The summed E-state index contributed by atoms with van der Waals surface area (Å²) < 4.78 is 5.93. The molecule has 32 heavy (non-hydrogen) atoms. The number of carbonyl (C=O) groups is 2. The molecule has 2 amide bonds. The van der Waals surface area contributed by atoms with Gasteiger partial charge < -0.3 is 15.0 Å². The van der Waals surface area contributed by atoms with Gasteiger partial charge in [-0.2, -0.15) is 0 Å². The van der Waals surface area contributed by atoms with Crippen LogP contribution in [-0.4, -0.2) is 35.9 Å². The highest BCUT2D eigenvalue weighted by Crippen LogP contribution is 2.25. The molecule has 5 heteroatoms. The van der Waals surface area contributed by atoms with Crippen molar-refractivity contribution in [3.63, 3.8) is 0 Å². The number of rotatable bonds is 9. The average molecular weight is 433 g/mol. The molecule has 0 radical (unpaired) electrons. The maximum Gasteiger partial charge on any atom is 0.261 e. The number of carbonyl (C=O) groups excluding carboxylic acids is 2. The zero-order chi connectivity index (χ0) is 23.1. The first-order valence-corrected chi connectivity index (χ1v) is 11.1. The molecule has 0 aliphatic rings. The van der Waals surface area contributed by atoms with E-state index in [1.165, 1.54) is 0 Å². The van der Waals surface area contributed by atoms with Crippen LogP contribution in [0, 0.1) is 12.8 Å². The third-order valence-corrected chi connectivity index (χ3v) is 5.39. The molecule has 3 aromatic rings. The van der Waals surface area contributed by atoms with Crippen LogP contribution in [0.5, 0.6) is 5.75 Å². The molecule has 0 heterocycles. The Balaban J connectivity index is 1.77. The van der Waals surface area contributed by atoms with Gasteiger partial charge in [-0.05, 0) is 36.8 Å². The minimum atomic E-state index is -0.613. The van der Waals surface area contributed by atoms with Gasteiger partial charge in [0.25, 0.3) is 5.91 Å². The van der Waals surface area contributed by atoms with Crippen LogP contribution in [0.15, 0.2) is 66.7 Å². The van der Waals surface area contributed by atoms with Crippen molar-refractivity contribution in [3.8, 4) is 5.75 Å². The Morgan fingerprint density at radius 3 is 2.44 bits per heavy atom. The molecule has 168 valence electrons. The summed E-state index contributed by atoms with van der Waals surface area (Å²) in [5.41, 5.74) is 2.09. The molecule has 3 aromatic carbocycles. The monoisotopic (exact) mass is 432 g/mol. The summed E-state index contributed by atoms with van der Waals surface area (Å²) in [6, 6.07) is 21.0. The van der Waals surface area contributed by atoms with Crippen LogP contribution in [0.1, 0.15) is 31.9 Å². The molecule has 0 aromatic heterocycles. The fourth-order valence-corrected chi connectivity index (χ4v) is 3.59. The van der Waals surface area contributed by atoms with Crippen LogP contribution in [0.2, 0.25) is 0 Å². The summed E-state index contributed by atoms with van der Waals surface area (Å²) in [6.45, 7) is 8.63. The third-order valence-electron chi connectivity index (χ3n) is 5.39. The molecule has 0 fully saturated rings. The van der Waals surface area contributed by atoms with E-state index in [2.05, 4.69) is 5.32 Å². The standard InChI is InChI=1S/C27H32N2O3/c1-19(2)16-28-27(31)21(4)29(17-22-10-7-9-20(3)15-22)26(30)18-32-25-14-8-12-23-11-5-6-13-24(23)25/h5-15,19,21H,16-18H2,1-4H3,(H,28,31)/t21-/m1/s1. The van der Waals surface area contributed by atoms with E-state index in [4.69, 9.17) is 4.74 Å². The number of hydrogen-bond donors (Lipinski definition) is 1. The van der Waals surface area contributed by atoms with Gasteiger partial charge in [-0.25, -0.2) is 0 Å². The molecule has 1 atom stereocenters. The highest BCUT2D eigenvalue weighted by molar-refractivity contribution is 5.90. The zero-order valence-electron chi connectivity index (χ0n) is 19.3. The van der Waals surface area contributed by atoms with Gasteiger partial charge in [-0.1, -0.05) is 80.1 Å². The topological polar surface area (TPSA) is 58.6 Å². The predicted molar refractivity (Wildman–Crippen MR) is 128 cm³/mol. The molecular formula is C27H32N2O3. The van der Waals surface area contributed by atoms with Gasteiger partial charge in [0.2, 0.25) is 5.91 Å². The van der Waals surface area contributed by atoms with Crippen molar-refractivity contribution in [2.24, 2.45) is 5.92 Å². The van der Waals surface area contributed by atoms with E-state index in [9.17, 15) is 9.59 Å². The number of benzene rings is 3. The van der Waals surface area contributed by atoms with Crippen molar-refractivity contribution in [2.45, 2.75) is 40.3 Å². The van der Waals surface area contributed by atoms with Gasteiger partial charge >= 0.3 is 0 Å². The van der Waals surface area contributed by atoms with Crippen molar-refractivity contribution in [3.05, 3.63) is 77.9 Å². The maximum atomic E-state index is 13.2. The molecule has 3 rings (SSSR count). The smallest absolute Gasteiger partial charge is 0.261 e. The first-order valence-electron chi connectivity index (χ1n) is 11.1. The fourth-order valence-electron chi connectivity index (χ4n) is 3.59. The van der Waals surface area contributed by atoms with Crippen LogP contribution in [0.25, 0.3) is 10.8 Å². The third kappa shape index (κ3) is 6.10. The van der Waals surface area contributed by atoms with E-state index in [0.29, 0.717) is 24.8 Å². The van der Waals surface area contributed by atoms with Gasteiger partial charge in [0.1, 0.15) is 11.8 Å². The number of fused-ring (bicyclic) bond motifs is 1. The van der Waals surface area contributed by atoms with Gasteiger partial charge in [-0.3, -0.25) is 9.59 Å². The number of ether oxygens (including phenoxy) is 1. The van der Waals surface area contributed by atoms with Crippen LogP contribution in [-0.2, 0) is 16.1 Å². The Morgan fingerprint density at radius 1 is 0.969 bits per heavy atom. The van der Waals surface area contributed by atoms with E-state index in [-0.39, 0.29) is 18.4 Å². The number of aryl methyl sites for hydroxylation is 1. The van der Waals surface area contributed by atoms with Crippen molar-refractivity contribution >= 4 is 22.6 Å². The Bertz CT molecular complexity index is 1070. The second-order valence-electron chi connectivity index (χ2n) is 8.59. The van der Waals surface area contributed by atoms with Crippen LogP contribution < -0.4 is 10.1 Å². The second kappa shape index (κ2) is 10.8. The second-order valence-corrected chi connectivity index (χ2v) is 8.59. The Labute approximate surface area is 190 Å². The van der Waals surface area contributed by atoms with Gasteiger partial charge in [0.05, 0.1) is 0 Å². The number of nitrogens with zero attached hydrogens (tertiary/aromatic N) is 1. The lowest BCUT2D eigenvalue weighted by atomic mass is 10.1. The lowest BCUT2D eigenvalue weighted by Crippen LogP contribution is -2.49. The van der Waals surface area contributed by atoms with Crippen molar-refractivity contribution in [1.29, 1.82) is 0 Å². The lowest BCUT2D eigenvalue weighted by molar-refractivity contribution is -0.142.